The van der Waals surface area contributed by atoms with Gasteiger partial charge in [0.2, 0.25) is 0 Å². The Morgan fingerprint density at radius 3 is 2.57 bits per heavy atom. The average Bonchev–Trinajstić information content (AvgIpc) is 2.52. The highest BCUT2D eigenvalue weighted by molar-refractivity contribution is 5.76. The Balaban J connectivity index is 1.80. The predicted molar refractivity (Wildman–Crippen MR) is 92.5 cm³/mol. The fourth-order valence-corrected chi connectivity index (χ4v) is 3.43. The number of rotatable bonds is 8. The number of carbonyl (C=O) groups is 1. The molecule has 23 heavy (non-hydrogen) atoms. The molecule has 0 N–H and O–H groups in total. The highest BCUT2D eigenvalue weighted by atomic mass is 16.5. The fraction of sp³-hybridized carbons (Fsp3) is 0.632. The molecule has 128 valence electrons. The molecule has 1 fully saturated rings. The maximum Gasteiger partial charge on any atom is 0.161 e. The molecule has 2 rings (SSSR count). The van der Waals surface area contributed by atoms with Gasteiger partial charge in [0.15, 0.2) is 11.5 Å². The Hall–Kier alpha value is -1.55. The first-order valence-electron chi connectivity index (χ1n) is 8.69. The van der Waals surface area contributed by atoms with E-state index in [0.717, 1.165) is 36.8 Å². The van der Waals surface area contributed by atoms with E-state index in [1.54, 1.807) is 12.1 Å². The summed E-state index contributed by atoms with van der Waals surface area (Å²) in [6.45, 7) is 11.3. The average molecular weight is 319 g/mol. The molecular formula is C19H29NO3. The van der Waals surface area contributed by atoms with Gasteiger partial charge in [-0.05, 0) is 49.8 Å². The molecule has 1 heterocycles. The molecule has 2 atom stereocenters. The molecule has 0 aliphatic carbocycles. The Bertz CT molecular complexity index is 493. The summed E-state index contributed by atoms with van der Waals surface area (Å²) < 4.78 is 11.4. The van der Waals surface area contributed by atoms with Gasteiger partial charge in [0.05, 0.1) is 13.2 Å². The largest absolute Gasteiger partial charge is 0.490 e. The molecule has 1 aromatic carbocycles. The third kappa shape index (κ3) is 5.54. The van der Waals surface area contributed by atoms with Crippen LogP contribution < -0.4 is 9.47 Å². The monoisotopic (exact) mass is 319 g/mol. The summed E-state index contributed by atoms with van der Waals surface area (Å²) in [5.41, 5.74) is 0.608. The van der Waals surface area contributed by atoms with Crippen LogP contribution >= 0.6 is 0 Å². The number of nitrogens with zero attached hydrogens (tertiary/aromatic N) is 1. The summed E-state index contributed by atoms with van der Waals surface area (Å²) in [6, 6.07) is 5.32. The Morgan fingerprint density at radius 1 is 1.17 bits per heavy atom. The lowest BCUT2D eigenvalue weighted by atomic mass is 9.92. The van der Waals surface area contributed by atoms with Gasteiger partial charge in [0.1, 0.15) is 6.29 Å². The van der Waals surface area contributed by atoms with Crippen LogP contribution in [0.2, 0.25) is 0 Å². The molecule has 1 aliphatic rings. The quantitative estimate of drug-likeness (QED) is 0.541. The molecular weight excluding hydrogens is 290 g/mol. The first-order valence-corrected chi connectivity index (χ1v) is 8.69. The molecule has 0 radical (unpaired) electrons. The van der Waals surface area contributed by atoms with E-state index in [1.807, 2.05) is 13.0 Å². The molecule has 0 spiro atoms. The molecule has 0 amide bonds. The zero-order valence-corrected chi connectivity index (χ0v) is 14.6. The van der Waals surface area contributed by atoms with E-state index in [0.29, 0.717) is 24.5 Å². The summed E-state index contributed by atoms with van der Waals surface area (Å²) in [5, 5.41) is 0. The van der Waals surface area contributed by atoms with Crippen LogP contribution in [0.5, 0.6) is 11.5 Å². The van der Waals surface area contributed by atoms with Crippen LogP contribution in [0.1, 0.15) is 44.0 Å². The highest BCUT2D eigenvalue weighted by Crippen LogP contribution is 2.28. The van der Waals surface area contributed by atoms with E-state index in [9.17, 15) is 4.79 Å². The van der Waals surface area contributed by atoms with Gasteiger partial charge in [-0.2, -0.15) is 0 Å². The predicted octanol–water partition coefficient (Wildman–Crippen LogP) is 3.64. The number of ether oxygens (including phenoxy) is 2. The maximum absolute atomic E-state index is 10.9. The lowest BCUT2D eigenvalue weighted by Gasteiger charge is -2.34. The number of hydrogen-bond donors (Lipinski definition) is 0. The molecule has 0 aromatic heterocycles. The topological polar surface area (TPSA) is 38.8 Å². The standard InChI is InChI=1S/C19H29NO3/c1-4-22-19-11-17(14-21)6-7-18(19)23-9-5-8-20-12-15(2)10-16(3)13-20/h6-7,11,14-16H,4-5,8-10,12-13H2,1-3H3. The van der Waals surface area contributed by atoms with Crippen LogP contribution in [0.3, 0.4) is 0 Å². The third-order valence-corrected chi connectivity index (χ3v) is 4.22. The van der Waals surface area contributed by atoms with Gasteiger partial charge in [-0.3, -0.25) is 4.79 Å². The van der Waals surface area contributed by atoms with Gasteiger partial charge in [0.25, 0.3) is 0 Å². The molecule has 4 nitrogen and oxygen atoms in total. The van der Waals surface area contributed by atoms with Crippen molar-refractivity contribution in [2.24, 2.45) is 11.8 Å². The SMILES string of the molecule is CCOc1cc(C=O)ccc1OCCCN1CC(C)CC(C)C1. The molecule has 1 aliphatic heterocycles. The van der Waals surface area contributed by atoms with Crippen molar-refractivity contribution < 1.29 is 14.3 Å². The Labute approximate surface area is 139 Å². The van der Waals surface area contributed by atoms with Crippen LogP contribution in [0, 0.1) is 11.8 Å². The van der Waals surface area contributed by atoms with E-state index < -0.39 is 0 Å². The van der Waals surface area contributed by atoms with E-state index in [4.69, 9.17) is 9.47 Å². The van der Waals surface area contributed by atoms with Crippen molar-refractivity contribution in [3.63, 3.8) is 0 Å². The zero-order chi connectivity index (χ0) is 16.7. The normalized spacial score (nSPS) is 21.9. The minimum Gasteiger partial charge on any atom is -0.490 e. The van der Waals surface area contributed by atoms with E-state index in [2.05, 4.69) is 18.7 Å². The summed E-state index contributed by atoms with van der Waals surface area (Å²) in [7, 11) is 0. The minimum absolute atomic E-state index is 0.558. The first-order chi connectivity index (χ1) is 11.1. The van der Waals surface area contributed by atoms with Gasteiger partial charge < -0.3 is 14.4 Å². The van der Waals surface area contributed by atoms with Crippen LogP contribution in [-0.4, -0.2) is 44.0 Å². The molecule has 0 saturated carbocycles. The van der Waals surface area contributed by atoms with Crippen LogP contribution in [-0.2, 0) is 0 Å². The van der Waals surface area contributed by atoms with Crippen LogP contribution in [0.25, 0.3) is 0 Å². The fourth-order valence-electron chi connectivity index (χ4n) is 3.43. The number of benzene rings is 1. The third-order valence-electron chi connectivity index (χ3n) is 4.22. The number of piperidine rings is 1. The minimum atomic E-state index is 0.558. The van der Waals surface area contributed by atoms with Gasteiger partial charge >= 0.3 is 0 Å². The van der Waals surface area contributed by atoms with Crippen LogP contribution in [0.15, 0.2) is 18.2 Å². The van der Waals surface area contributed by atoms with Gasteiger partial charge in [-0.25, -0.2) is 0 Å². The summed E-state index contributed by atoms with van der Waals surface area (Å²) in [5.74, 6) is 2.95. The van der Waals surface area contributed by atoms with Gasteiger partial charge in [-0.1, -0.05) is 13.8 Å². The molecule has 4 heteroatoms. The van der Waals surface area contributed by atoms with Crippen LogP contribution in [0.4, 0.5) is 0 Å². The number of aldehydes is 1. The highest BCUT2D eigenvalue weighted by Gasteiger charge is 2.21. The van der Waals surface area contributed by atoms with Crippen molar-refractivity contribution in [3.8, 4) is 11.5 Å². The molecule has 1 saturated heterocycles. The Kier molecular flexibility index (Phi) is 6.90. The Morgan fingerprint density at radius 2 is 1.91 bits per heavy atom. The summed E-state index contributed by atoms with van der Waals surface area (Å²) >= 11 is 0. The smallest absolute Gasteiger partial charge is 0.161 e. The van der Waals surface area contributed by atoms with E-state index in [-0.39, 0.29) is 0 Å². The molecule has 0 bridgehead atoms. The zero-order valence-electron chi connectivity index (χ0n) is 14.6. The van der Waals surface area contributed by atoms with Crippen molar-refractivity contribution in [1.29, 1.82) is 0 Å². The van der Waals surface area contributed by atoms with Gasteiger partial charge in [-0.15, -0.1) is 0 Å². The van der Waals surface area contributed by atoms with E-state index >= 15 is 0 Å². The lowest BCUT2D eigenvalue weighted by molar-refractivity contribution is 0.112. The first kappa shape index (κ1) is 17.8. The summed E-state index contributed by atoms with van der Waals surface area (Å²) in [4.78, 5) is 13.4. The maximum atomic E-state index is 10.9. The second-order valence-electron chi connectivity index (χ2n) is 6.66. The second-order valence-corrected chi connectivity index (χ2v) is 6.66. The number of hydrogen-bond acceptors (Lipinski definition) is 4. The lowest BCUT2D eigenvalue weighted by Crippen LogP contribution is -2.39. The molecule has 1 aromatic rings. The van der Waals surface area contributed by atoms with Crippen molar-refractivity contribution in [3.05, 3.63) is 23.8 Å². The van der Waals surface area contributed by atoms with Gasteiger partial charge in [0, 0.05) is 25.2 Å². The number of likely N-dealkylation sites (tertiary alicyclic amines) is 1. The van der Waals surface area contributed by atoms with Crippen molar-refractivity contribution in [1.82, 2.24) is 4.90 Å². The van der Waals surface area contributed by atoms with Crippen molar-refractivity contribution >= 4 is 6.29 Å². The summed E-state index contributed by atoms with van der Waals surface area (Å²) in [6.07, 6.45) is 3.17. The second kappa shape index (κ2) is 8.92. The van der Waals surface area contributed by atoms with Crippen molar-refractivity contribution in [2.75, 3.05) is 32.8 Å². The van der Waals surface area contributed by atoms with Crippen molar-refractivity contribution in [2.45, 2.75) is 33.6 Å². The van der Waals surface area contributed by atoms with E-state index in [1.165, 1.54) is 19.5 Å². The molecule has 2 unspecified atom stereocenters. The number of carbonyl (C=O) groups excluding carboxylic acids is 1.